The van der Waals surface area contributed by atoms with Crippen molar-refractivity contribution in [1.29, 1.82) is 0 Å². The molecule has 1 unspecified atom stereocenters. The average molecular weight is 299 g/mol. The highest BCUT2D eigenvalue weighted by Crippen LogP contribution is 2.47. The van der Waals surface area contributed by atoms with Crippen molar-refractivity contribution < 1.29 is 9.47 Å². The largest absolute Gasteiger partial charge is 0.383 e. The van der Waals surface area contributed by atoms with Gasteiger partial charge in [0.05, 0.1) is 12.7 Å². The Labute approximate surface area is 132 Å². The van der Waals surface area contributed by atoms with Gasteiger partial charge in [0.2, 0.25) is 0 Å². The molecule has 3 nitrogen and oxygen atoms in total. The molecular weight excluding hydrogens is 262 g/mol. The fraction of sp³-hybridized carbons (Fsp3) is 1.00. The van der Waals surface area contributed by atoms with Crippen molar-refractivity contribution in [2.24, 2.45) is 16.7 Å². The summed E-state index contributed by atoms with van der Waals surface area (Å²) >= 11 is 0. The second kappa shape index (κ2) is 8.50. The van der Waals surface area contributed by atoms with E-state index in [1.165, 1.54) is 32.1 Å². The molecule has 0 aromatic heterocycles. The standard InChI is InChI=1S/C18H37NO2/c1-15(21-6)13-18(14-19-11-12-20-5)9-7-16(8-10-18)17(2,3)4/h15-16,19H,7-14H2,1-6H3. The van der Waals surface area contributed by atoms with Crippen molar-refractivity contribution >= 4 is 0 Å². The molecule has 1 aliphatic carbocycles. The van der Waals surface area contributed by atoms with E-state index in [1.807, 2.05) is 7.11 Å². The van der Waals surface area contributed by atoms with E-state index in [9.17, 15) is 0 Å². The van der Waals surface area contributed by atoms with Crippen molar-refractivity contribution in [1.82, 2.24) is 5.32 Å². The highest BCUT2D eigenvalue weighted by atomic mass is 16.5. The molecule has 126 valence electrons. The molecule has 1 fully saturated rings. The second-order valence-electron chi connectivity index (χ2n) is 8.06. The van der Waals surface area contributed by atoms with Gasteiger partial charge in [-0.3, -0.25) is 0 Å². The van der Waals surface area contributed by atoms with Gasteiger partial charge in [-0.15, -0.1) is 0 Å². The van der Waals surface area contributed by atoms with Crippen molar-refractivity contribution in [3.63, 3.8) is 0 Å². The molecule has 0 spiro atoms. The van der Waals surface area contributed by atoms with Crippen molar-refractivity contribution in [2.45, 2.75) is 65.9 Å². The van der Waals surface area contributed by atoms with E-state index < -0.39 is 0 Å². The Balaban J connectivity index is 2.58. The maximum Gasteiger partial charge on any atom is 0.0587 e. The maximum absolute atomic E-state index is 5.55. The monoisotopic (exact) mass is 299 g/mol. The van der Waals surface area contributed by atoms with Crippen LogP contribution in [0.2, 0.25) is 0 Å². The molecule has 3 heteroatoms. The first-order valence-electron chi connectivity index (χ1n) is 8.55. The SMILES string of the molecule is COCCNCC1(CC(C)OC)CCC(C(C)(C)C)CC1. The summed E-state index contributed by atoms with van der Waals surface area (Å²) in [7, 11) is 3.59. The van der Waals surface area contributed by atoms with Crippen molar-refractivity contribution in [3.8, 4) is 0 Å². The first-order valence-corrected chi connectivity index (χ1v) is 8.55. The molecule has 0 aliphatic heterocycles. The number of nitrogens with one attached hydrogen (secondary N) is 1. The molecule has 1 N–H and O–H groups in total. The van der Waals surface area contributed by atoms with Gasteiger partial charge in [-0.05, 0) is 55.8 Å². The van der Waals surface area contributed by atoms with Gasteiger partial charge in [-0.1, -0.05) is 20.8 Å². The zero-order chi connectivity index (χ0) is 15.9. The predicted octanol–water partition coefficient (Wildman–Crippen LogP) is 3.87. The summed E-state index contributed by atoms with van der Waals surface area (Å²) in [4.78, 5) is 0. The van der Waals surface area contributed by atoms with Crippen LogP contribution in [0.15, 0.2) is 0 Å². The minimum absolute atomic E-state index is 0.348. The zero-order valence-electron chi connectivity index (χ0n) is 15.1. The topological polar surface area (TPSA) is 30.5 Å². The number of hydrogen-bond donors (Lipinski definition) is 1. The number of rotatable bonds is 8. The number of hydrogen-bond acceptors (Lipinski definition) is 3. The highest BCUT2D eigenvalue weighted by molar-refractivity contribution is 4.91. The molecule has 0 amide bonds. The van der Waals surface area contributed by atoms with Crippen LogP contribution in [0.4, 0.5) is 0 Å². The van der Waals surface area contributed by atoms with E-state index in [4.69, 9.17) is 9.47 Å². The summed E-state index contributed by atoms with van der Waals surface area (Å²) in [5.41, 5.74) is 0.855. The fourth-order valence-electron chi connectivity index (χ4n) is 3.77. The molecule has 0 aromatic carbocycles. The normalized spacial score (nSPS) is 28.6. The van der Waals surface area contributed by atoms with Crippen LogP contribution in [0.1, 0.15) is 59.8 Å². The summed E-state index contributed by atoms with van der Waals surface area (Å²) in [5.74, 6) is 0.863. The lowest BCUT2D eigenvalue weighted by Gasteiger charge is -2.45. The van der Waals surface area contributed by atoms with Crippen LogP contribution in [-0.4, -0.2) is 40.0 Å². The minimum atomic E-state index is 0.348. The van der Waals surface area contributed by atoms with Gasteiger partial charge in [0.25, 0.3) is 0 Å². The molecule has 1 aliphatic rings. The molecule has 0 saturated heterocycles. The van der Waals surface area contributed by atoms with E-state index in [0.29, 0.717) is 16.9 Å². The summed E-state index contributed by atoms with van der Waals surface area (Å²) in [5, 5.41) is 3.60. The Morgan fingerprint density at radius 2 is 1.81 bits per heavy atom. The van der Waals surface area contributed by atoms with Gasteiger partial charge in [-0.2, -0.15) is 0 Å². The van der Waals surface area contributed by atoms with Crippen LogP contribution >= 0.6 is 0 Å². The van der Waals surface area contributed by atoms with E-state index >= 15 is 0 Å². The zero-order valence-corrected chi connectivity index (χ0v) is 15.1. The molecule has 1 rings (SSSR count). The van der Waals surface area contributed by atoms with Crippen molar-refractivity contribution in [3.05, 3.63) is 0 Å². The Morgan fingerprint density at radius 1 is 1.19 bits per heavy atom. The Kier molecular flexibility index (Phi) is 7.66. The molecule has 0 heterocycles. The van der Waals surface area contributed by atoms with Crippen LogP contribution in [0.5, 0.6) is 0 Å². The van der Waals surface area contributed by atoms with Gasteiger partial charge < -0.3 is 14.8 Å². The maximum atomic E-state index is 5.55. The van der Waals surface area contributed by atoms with E-state index in [2.05, 4.69) is 33.0 Å². The lowest BCUT2D eigenvalue weighted by molar-refractivity contribution is 0.0207. The quantitative estimate of drug-likeness (QED) is 0.690. The average Bonchev–Trinajstić information content (AvgIpc) is 2.43. The lowest BCUT2D eigenvalue weighted by atomic mass is 9.62. The number of ether oxygens (including phenoxy) is 2. The van der Waals surface area contributed by atoms with Gasteiger partial charge in [0.1, 0.15) is 0 Å². The molecule has 1 atom stereocenters. The summed E-state index contributed by atoms with van der Waals surface area (Å²) in [6.45, 7) is 12.2. The molecule has 0 radical (unpaired) electrons. The third-order valence-electron chi connectivity index (χ3n) is 5.38. The molecule has 21 heavy (non-hydrogen) atoms. The van der Waals surface area contributed by atoms with E-state index in [1.54, 1.807) is 7.11 Å². The second-order valence-corrected chi connectivity index (χ2v) is 8.06. The highest BCUT2D eigenvalue weighted by Gasteiger charge is 2.39. The third kappa shape index (κ3) is 6.25. The smallest absolute Gasteiger partial charge is 0.0587 e. The lowest BCUT2D eigenvalue weighted by Crippen LogP contribution is -2.42. The Hall–Kier alpha value is -0.120. The molecule has 1 saturated carbocycles. The van der Waals surface area contributed by atoms with Gasteiger partial charge >= 0.3 is 0 Å². The van der Waals surface area contributed by atoms with E-state index in [0.717, 1.165) is 25.6 Å². The minimum Gasteiger partial charge on any atom is -0.383 e. The van der Waals surface area contributed by atoms with Gasteiger partial charge in [-0.25, -0.2) is 0 Å². The number of methoxy groups -OCH3 is 2. The molecule has 0 bridgehead atoms. The Morgan fingerprint density at radius 3 is 2.29 bits per heavy atom. The summed E-state index contributed by atoms with van der Waals surface area (Å²) in [6.07, 6.45) is 6.86. The molecular formula is C18H37NO2. The van der Waals surface area contributed by atoms with Crippen LogP contribution < -0.4 is 5.32 Å². The van der Waals surface area contributed by atoms with Crippen LogP contribution in [0, 0.1) is 16.7 Å². The third-order valence-corrected chi connectivity index (χ3v) is 5.38. The summed E-state index contributed by atoms with van der Waals surface area (Å²) < 4.78 is 10.7. The Bertz CT molecular complexity index is 277. The van der Waals surface area contributed by atoms with E-state index in [-0.39, 0.29) is 0 Å². The van der Waals surface area contributed by atoms with Crippen LogP contribution in [0.25, 0.3) is 0 Å². The first kappa shape index (κ1) is 18.9. The van der Waals surface area contributed by atoms with Crippen LogP contribution in [0.3, 0.4) is 0 Å². The fourth-order valence-corrected chi connectivity index (χ4v) is 3.77. The van der Waals surface area contributed by atoms with Gasteiger partial charge in [0.15, 0.2) is 0 Å². The van der Waals surface area contributed by atoms with Gasteiger partial charge in [0, 0.05) is 27.3 Å². The summed E-state index contributed by atoms with van der Waals surface area (Å²) in [6, 6.07) is 0. The van der Waals surface area contributed by atoms with Crippen LogP contribution in [-0.2, 0) is 9.47 Å². The predicted molar refractivity (Wildman–Crippen MR) is 89.7 cm³/mol. The first-order chi connectivity index (χ1) is 9.83. The molecule has 0 aromatic rings. The van der Waals surface area contributed by atoms with Crippen molar-refractivity contribution in [2.75, 3.05) is 33.9 Å².